The minimum Gasteiger partial charge on any atom is -0.354 e. The standard InChI is InChI=1S/C31H38ClN3O4S/c1-6-17-33-31(37)28(7-2)34(20-25-10-8-9-23(4)18-25)30(36)21-35(29-16-13-26(32)19-24(29)5)40(38,39)27-14-11-22(3)12-15-27/h8-16,18-19,28H,6-7,17,20-21H2,1-5H3,(H,33,37)/t28-/m0/s1. The Bertz CT molecular complexity index is 1440. The maximum absolute atomic E-state index is 14.1. The van der Waals surface area contributed by atoms with E-state index >= 15 is 0 Å². The summed E-state index contributed by atoms with van der Waals surface area (Å²) in [4.78, 5) is 28.9. The Labute approximate surface area is 243 Å². The van der Waals surface area contributed by atoms with Crippen molar-refractivity contribution in [1.82, 2.24) is 10.2 Å². The summed E-state index contributed by atoms with van der Waals surface area (Å²) in [6.45, 7) is 9.55. The normalized spacial score (nSPS) is 12.1. The zero-order valence-corrected chi connectivity index (χ0v) is 25.3. The highest BCUT2D eigenvalue weighted by Crippen LogP contribution is 2.29. The second-order valence-corrected chi connectivity index (χ2v) is 12.3. The summed E-state index contributed by atoms with van der Waals surface area (Å²) in [6.07, 6.45) is 1.13. The molecule has 1 atom stereocenters. The van der Waals surface area contributed by atoms with Crippen molar-refractivity contribution < 1.29 is 18.0 Å². The second kappa shape index (κ2) is 13.8. The number of nitrogens with zero attached hydrogens (tertiary/aromatic N) is 2. The van der Waals surface area contributed by atoms with E-state index in [1.807, 2.05) is 52.0 Å². The lowest BCUT2D eigenvalue weighted by Gasteiger charge is -2.33. The van der Waals surface area contributed by atoms with Crippen molar-refractivity contribution >= 4 is 39.1 Å². The maximum Gasteiger partial charge on any atom is 0.264 e. The van der Waals surface area contributed by atoms with E-state index in [0.29, 0.717) is 29.2 Å². The van der Waals surface area contributed by atoms with Crippen LogP contribution in [-0.2, 0) is 26.2 Å². The molecule has 7 nitrogen and oxygen atoms in total. The van der Waals surface area contributed by atoms with Gasteiger partial charge in [0.1, 0.15) is 12.6 Å². The molecule has 0 aliphatic carbocycles. The molecule has 0 fully saturated rings. The van der Waals surface area contributed by atoms with E-state index in [4.69, 9.17) is 11.6 Å². The number of carbonyl (C=O) groups excluding carboxylic acids is 2. The minimum absolute atomic E-state index is 0.0678. The van der Waals surface area contributed by atoms with E-state index in [1.165, 1.54) is 17.0 Å². The number of nitrogens with one attached hydrogen (secondary N) is 1. The third-order valence-electron chi connectivity index (χ3n) is 6.69. The van der Waals surface area contributed by atoms with Gasteiger partial charge < -0.3 is 10.2 Å². The minimum atomic E-state index is -4.14. The predicted octanol–water partition coefficient (Wildman–Crippen LogP) is 5.79. The Morgan fingerprint density at radius 1 is 0.925 bits per heavy atom. The number of carbonyl (C=O) groups is 2. The topological polar surface area (TPSA) is 86.8 Å². The molecular weight excluding hydrogens is 546 g/mol. The second-order valence-electron chi connectivity index (χ2n) is 9.98. The number of sulfonamides is 1. The predicted molar refractivity (Wildman–Crippen MR) is 161 cm³/mol. The molecule has 3 aromatic carbocycles. The van der Waals surface area contributed by atoms with Crippen LogP contribution in [0.5, 0.6) is 0 Å². The Balaban J connectivity index is 2.09. The summed E-state index contributed by atoms with van der Waals surface area (Å²) in [5.41, 5.74) is 3.74. The average Bonchev–Trinajstić information content (AvgIpc) is 2.91. The molecule has 3 aromatic rings. The first-order chi connectivity index (χ1) is 19.0. The summed E-state index contributed by atoms with van der Waals surface area (Å²) >= 11 is 6.18. The third-order valence-corrected chi connectivity index (χ3v) is 8.69. The molecule has 3 rings (SSSR count). The maximum atomic E-state index is 14.1. The van der Waals surface area contributed by atoms with Gasteiger partial charge in [-0.2, -0.15) is 0 Å². The summed E-state index contributed by atoms with van der Waals surface area (Å²) in [5, 5.41) is 3.36. The van der Waals surface area contributed by atoms with Gasteiger partial charge in [-0.05, 0) is 75.1 Å². The fraction of sp³-hybridized carbons (Fsp3) is 0.355. The highest BCUT2D eigenvalue weighted by atomic mass is 35.5. The Morgan fingerprint density at radius 3 is 2.23 bits per heavy atom. The van der Waals surface area contributed by atoms with Gasteiger partial charge in [-0.15, -0.1) is 0 Å². The van der Waals surface area contributed by atoms with Crippen molar-refractivity contribution in [3.05, 3.63) is 94.0 Å². The van der Waals surface area contributed by atoms with Crippen LogP contribution in [0.3, 0.4) is 0 Å². The van der Waals surface area contributed by atoms with Crippen LogP contribution >= 0.6 is 11.6 Å². The van der Waals surface area contributed by atoms with Gasteiger partial charge in [0, 0.05) is 18.1 Å². The van der Waals surface area contributed by atoms with Crippen LogP contribution in [0.4, 0.5) is 5.69 Å². The molecule has 214 valence electrons. The average molecular weight is 584 g/mol. The lowest BCUT2D eigenvalue weighted by Crippen LogP contribution is -2.52. The van der Waals surface area contributed by atoms with Crippen LogP contribution < -0.4 is 9.62 Å². The first-order valence-electron chi connectivity index (χ1n) is 13.5. The Kier molecular flexibility index (Phi) is 10.8. The number of hydrogen-bond acceptors (Lipinski definition) is 4. The number of anilines is 1. The number of benzene rings is 3. The number of halogens is 1. The van der Waals surface area contributed by atoms with Gasteiger partial charge in [-0.1, -0.05) is 73.0 Å². The summed E-state index contributed by atoms with van der Waals surface area (Å²) in [5.74, 6) is -0.744. The van der Waals surface area contributed by atoms with Gasteiger partial charge in [-0.25, -0.2) is 8.42 Å². The van der Waals surface area contributed by atoms with Crippen molar-refractivity contribution in [3.8, 4) is 0 Å². The van der Waals surface area contributed by atoms with Gasteiger partial charge in [0.05, 0.1) is 10.6 Å². The van der Waals surface area contributed by atoms with Gasteiger partial charge >= 0.3 is 0 Å². The first kappa shape index (κ1) is 31.2. The molecule has 0 aliphatic heterocycles. The van der Waals surface area contributed by atoms with Crippen LogP contribution in [0.25, 0.3) is 0 Å². The highest BCUT2D eigenvalue weighted by molar-refractivity contribution is 7.92. The fourth-order valence-corrected chi connectivity index (χ4v) is 6.25. The molecule has 0 spiro atoms. The van der Waals surface area contributed by atoms with Crippen LogP contribution in [0.2, 0.25) is 5.02 Å². The summed E-state index contributed by atoms with van der Waals surface area (Å²) in [6, 6.07) is 18.3. The molecule has 0 unspecified atom stereocenters. The molecule has 1 N–H and O–H groups in total. The molecule has 0 aromatic heterocycles. The molecule has 0 saturated heterocycles. The quantitative estimate of drug-likeness (QED) is 0.292. The lowest BCUT2D eigenvalue weighted by molar-refractivity contribution is -0.140. The molecule has 2 amide bonds. The molecule has 0 aliphatic rings. The number of amides is 2. The molecule has 9 heteroatoms. The third kappa shape index (κ3) is 7.64. The Hall–Kier alpha value is -3.36. The van der Waals surface area contributed by atoms with E-state index in [2.05, 4.69) is 5.32 Å². The van der Waals surface area contributed by atoms with Gasteiger partial charge in [-0.3, -0.25) is 13.9 Å². The largest absolute Gasteiger partial charge is 0.354 e. The van der Waals surface area contributed by atoms with Gasteiger partial charge in [0.25, 0.3) is 10.0 Å². The first-order valence-corrected chi connectivity index (χ1v) is 15.3. The van der Waals surface area contributed by atoms with E-state index in [-0.39, 0.29) is 17.3 Å². The van der Waals surface area contributed by atoms with Crippen molar-refractivity contribution in [2.75, 3.05) is 17.4 Å². The molecule has 0 radical (unpaired) electrons. The number of aryl methyl sites for hydroxylation is 3. The van der Waals surface area contributed by atoms with E-state index in [1.54, 1.807) is 37.3 Å². The molecule has 0 heterocycles. The monoisotopic (exact) mass is 583 g/mol. The van der Waals surface area contributed by atoms with Crippen molar-refractivity contribution in [2.24, 2.45) is 0 Å². The van der Waals surface area contributed by atoms with E-state index < -0.39 is 28.5 Å². The lowest BCUT2D eigenvalue weighted by atomic mass is 10.1. The molecule has 0 saturated carbocycles. The molecule has 0 bridgehead atoms. The number of hydrogen-bond donors (Lipinski definition) is 1. The van der Waals surface area contributed by atoms with Crippen molar-refractivity contribution in [1.29, 1.82) is 0 Å². The van der Waals surface area contributed by atoms with Gasteiger partial charge in [0.15, 0.2) is 0 Å². The Morgan fingerprint density at radius 2 is 1.62 bits per heavy atom. The van der Waals surface area contributed by atoms with Crippen LogP contribution in [0.15, 0.2) is 71.6 Å². The van der Waals surface area contributed by atoms with Crippen molar-refractivity contribution in [3.63, 3.8) is 0 Å². The summed E-state index contributed by atoms with van der Waals surface area (Å²) in [7, 11) is -4.14. The zero-order chi connectivity index (χ0) is 29.4. The van der Waals surface area contributed by atoms with Crippen LogP contribution in [0, 0.1) is 20.8 Å². The summed E-state index contributed by atoms with van der Waals surface area (Å²) < 4.78 is 29.1. The smallest absolute Gasteiger partial charge is 0.264 e. The highest BCUT2D eigenvalue weighted by Gasteiger charge is 2.34. The van der Waals surface area contributed by atoms with Crippen LogP contribution in [-0.4, -0.2) is 44.3 Å². The molecular formula is C31H38ClN3O4S. The van der Waals surface area contributed by atoms with E-state index in [0.717, 1.165) is 27.4 Å². The zero-order valence-electron chi connectivity index (χ0n) is 23.8. The SMILES string of the molecule is CCCNC(=O)[C@H](CC)N(Cc1cccc(C)c1)C(=O)CN(c1ccc(Cl)cc1C)S(=O)(=O)c1ccc(C)cc1. The van der Waals surface area contributed by atoms with Crippen molar-refractivity contribution in [2.45, 2.75) is 64.9 Å². The number of rotatable bonds is 12. The van der Waals surface area contributed by atoms with Crippen LogP contribution in [0.1, 0.15) is 48.9 Å². The molecule has 40 heavy (non-hydrogen) atoms. The van der Waals surface area contributed by atoms with E-state index in [9.17, 15) is 18.0 Å². The fourth-order valence-electron chi connectivity index (χ4n) is 4.54. The van der Waals surface area contributed by atoms with Gasteiger partial charge in [0.2, 0.25) is 11.8 Å².